The molecule has 2 nitrogen and oxygen atoms in total. The van der Waals surface area contributed by atoms with Crippen LogP contribution in [0.25, 0.3) is 10.9 Å². The van der Waals surface area contributed by atoms with Crippen LogP contribution in [0.5, 0.6) is 0 Å². The topological polar surface area (TPSA) is 41.8 Å². The third kappa shape index (κ3) is 4.48. The van der Waals surface area contributed by atoms with Crippen LogP contribution in [0.4, 0.5) is 0 Å². The van der Waals surface area contributed by atoms with Crippen LogP contribution in [0.2, 0.25) is 0 Å². The number of nitrogens with two attached hydrogens (primary N) is 1. The Bertz CT molecular complexity index is 792. The van der Waals surface area contributed by atoms with E-state index in [1.807, 2.05) is 0 Å². The number of aromatic nitrogens is 1. The van der Waals surface area contributed by atoms with Crippen molar-refractivity contribution in [1.29, 1.82) is 0 Å². The lowest BCUT2D eigenvalue weighted by atomic mass is 9.83. The fraction of sp³-hybridized carbons (Fsp3) is 0.500. The van der Waals surface area contributed by atoms with Gasteiger partial charge in [-0.3, -0.25) is 0 Å². The van der Waals surface area contributed by atoms with E-state index in [4.69, 9.17) is 5.73 Å². The Labute approximate surface area is 158 Å². The minimum Gasteiger partial charge on any atom is -0.361 e. The lowest BCUT2D eigenvalue weighted by molar-refractivity contribution is 0.350. The van der Waals surface area contributed by atoms with E-state index >= 15 is 0 Å². The first-order valence-electron chi connectivity index (χ1n) is 10.2. The average Bonchev–Trinajstić information content (AvgIpc) is 3.04. The normalized spacial score (nSPS) is 17.7. The highest BCUT2D eigenvalue weighted by atomic mass is 14.7. The monoisotopic (exact) mass is 350 g/mol. The third-order valence-corrected chi connectivity index (χ3v) is 6.00. The molecule has 1 aromatic carbocycles. The first-order valence-corrected chi connectivity index (χ1v) is 10.2. The van der Waals surface area contributed by atoms with Gasteiger partial charge in [-0.1, -0.05) is 69.2 Å². The zero-order valence-corrected chi connectivity index (χ0v) is 16.6. The van der Waals surface area contributed by atoms with Crippen LogP contribution in [-0.2, 0) is 12.8 Å². The van der Waals surface area contributed by atoms with E-state index in [2.05, 4.69) is 68.4 Å². The zero-order chi connectivity index (χ0) is 18.6. The molecular formula is C24H34N2. The number of H-pyrrole nitrogens is 1. The lowest BCUT2D eigenvalue weighted by Gasteiger charge is -2.22. The van der Waals surface area contributed by atoms with Crippen LogP contribution in [0.15, 0.2) is 48.2 Å². The van der Waals surface area contributed by atoms with E-state index in [1.165, 1.54) is 40.4 Å². The Morgan fingerprint density at radius 3 is 2.73 bits per heavy atom. The van der Waals surface area contributed by atoms with E-state index in [-0.39, 0.29) is 0 Å². The van der Waals surface area contributed by atoms with Crippen molar-refractivity contribution in [3.05, 3.63) is 59.3 Å². The molecule has 1 atom stereocenters. The molecule has 0 spiro atoms. The highest BCUT2D eigenvalue weighted by Gasteiger charge is 2.19. The molecular weight excluding hydrogens is 316 g/mol. The summed E-state index contributed by atoms with van der Waals surface area (Å²) in [6.45, 7) is 7.74. The fourth-order valence-corrected chi connectivity index (χ4v) is 3.89. The molecule has 3 rings (SSSR count). The van der Waals surface area contributed by atoms with Crippen molar-refractivity contribution >= 4 is 10.9 Å². The van der Waals surface area contributed by atoms with Gasteiger partial charge < -0.3 is 10.7 Å². The molecule has 0 fully saturated rings. The number of rotatable bonds is 8. The molecule has 1 heterocycles. The molecule has 1 aromatic heterocycles. The van der Waals surface area contributed by atoms with Crippen LogP contribution in [0.1, 0.15) is 57.6 Å². The molecule has 140 valence electrons. The van der Waals surface area contributed by atoms with Gasteiger partial charge in [0, 0.05) is 17.1 Å². The van der Waals surface area contributed by atoms with Gasteiger partial charge >= 0.3 is 0 Å². The van der Waals surface area contributed by atoms with Gasteiger partial charge in [0.25, 0.3) is 0 Å². The molecule has 1 aliphatic rings. The molecule has 2 heteroatoms. The Hall–Kier alpha value is -1.80. The molecule has 1 aliphatic carbocycles. The smallest absolute Gasteiger partial charge is 0.0489 e. The molecule has 0 radical (unpaired) electrons. The molecule has 0 aliphatic heterocycles. The summed E-state index contributed by atoms with van der Waals surface area (Å²) >= 11 is 0. The standard InChI is InChI=1S/C24H34N2/c1-4-24(2,3)16-21-17-26-23-20(6-5-7-22(21)23)13-12-18-8-10-19(11-9-18)14-15-25/h5-8,10-11,17-18,26H,4,9,12-16,25H2,1-3H3. The highest BCUT2D eigenvalue weighted by Crippen LogP contribution is 2.31. The Morgan fingerprint density at radius 1 is 1.19 bits per heavy atom. The van der Waals surface area contributed by atoms with E-state index in [0.29, 0.717) is 11.3 Å². The van der Waals surface area contributed by atoms with E-state index in [0.717, 1.165) is 32.2 Å². The molecule has 0 bridgehead atoms. The first-order chi connectivity index (χ1) is 12.5. The number of fused-ring (bicyclic) bond motifs is 1. The van der Waals surface area contributed by atoms with Gasteiger partial charge in [-0.15, -0.1) is 0 Å². The maximum Gasteiger partial charge on any atom is 0.0489 e. The van der Waals surface area contributed by atoms with Crippen molar-refractivity contribution in [3.63, 3.8) is 0 Å². The summed E-state index contributed by atoms with van der Waals surface area (Å²) in [6, 6.07) is 6.79. The van der Waals surface area contributed by atoms with Crippen LogP contribution in [0, 0.1) is 11.3 Å². The SMILES string of the molecule is CCC(C)(C)Cc1c[nH]c2c(CCC3C=CC(CCN)=CC3)cccc12. The number of benzene rings is 1. The summed E-state index contributed by atoms with van der Waals surface area (Å²) in [5, 5.41) is 1.41. The molecule has 1 unspecified atom stereocenters. The maximum atomic E-state index is 5.65. The second-order valence-electron chi connectivity index (χ2n) is 8.56. The van der Waals surface area contributed by atoms with E-state index in [1.54, 1.807) is 0 Å². The predicted molar refractivity (Wildman–Crippen MR) is 113 cm³/mol. The van der Waals surface area contributed by atoms with Gasteiger partial charge in [0.1, 0.15) is 0 Å². The number of hydrogen-bond donors (Lipinski definition) is 2. The van der Waals surface area contributed by atoms with Crippen molar-refractivity contribution in [2.45, 2.75) is 59.3 Å². The Balaban J connectivity index is 1.68. The summed E-state index contributed by atoms with van der Waals surface area (Å²) in [5.74, 6) is 0.653. The fourth-order valence-electron chi connectivity index (χ4n) is 3.89. The van der Waals surface area contributed by atoms with E-state index in [9.17, 15) is 0 Å². The number of nitrogens with one attached hydrogen (secondary N) is 1. The second-order valence-corrected chi connectivity index (χ2v) is 8.56. The van der Waals surface area contributed by atoms with Crippen LogP contribution < -0.4 is 5.73 Å². The van der Waals surface area contributed by atoms with Crippen molar-refractivity contribution in [3.8, 4) is 0 Å². The van der Waals surface area contributed by atoms with Gasteiger partial charge in [-0.05, 0) is 61.1 Å². The van der Waals surface area contributed by atoms with Gasteiger partial charge in [0.2, 0.25) is 0 Å². The Kier molecular flexibility index (Phi) is 6.03. The largest absolute Gasteiger partial charge is 0.361 e. The number of aromatic amines is 1. The average molecular weight is 351 g/mol. The van der Waals surface area contributed by atoms with Crippen molar-refractivity contribution in [2.24, 2.45) is 17.1 Å². The molecule has 2 aromatic rings. The predicted octanol–water partition coefficient (Wildman–Crippen LogP) is 5.93. The van der Waals surface area contributed by atoms with Crippen molar-refractivity contribution in [2.75, 3.05) is 6.54 Å². The minimum atomic E-state index is 0.353. The van der Waals surface area contributed by atoms with Crippen molar-refractivity contribution < 1.29 is 0 Å². The van der Waals surface area contributed by atoms with Gasteiger partial charge in [-0.2, -0.15) is 0 Å². The zero-order valence-electron chi connectivity index (χ0n) is 16.6. The molecule has 0 amide bonds. The summed E-state index contributed by atoms with van der Waals surface area (Å²) in [6.07, 6.45) is 16.1. The summed E-state index contributed by atoms with van der Waals surface area (Å²) in [7, 11) is 0. The minimum absolute atomic E-state index is 0.353. The Morgan fingerprint density at radius 2 is 2.04 bits per heavy atom. The third-order valence-electron chi connectivity index (χ3n) is 6.00. The van der Waals surface area contributed by atoms with Crippen LogP contribution in [-0.4, -0.2) is 11.5 Å². The molecule has 0 saturated heterocycles. The van der Waals surface area contributed by atoms with Gasteiger partial charge in [0.15, 0.2) is 0 Å². The second kappa shape index (κ2) is 8.26. The van der Waals surface area contributed by atoms with Crippen LogP contribution in [0.3, 0.4) is 0 Å². The molecule has 3 N–H and O–H groups in total. The number of allylic oxidation sites excluding steroid dienone is 3. The van der Waals surface area contributed by atoms with Gasteiger partial charge in [0.05, 0.1) is 0 Å². The summed E-state index contributed by atoms with van der Waals surface area (Å²) in [5.41, 5.74) is 11.7. The highest BCUT2D eigenvalue weighted by molar-refractivity contribution is 5.86. The lowest BCUT2D eigenvalue weighted by Crippen LogP contribution is -2.12. The molecule has 26 heavy (non-hydrogen) atoms. The van der Waals surface area contributed by atoms with Gasteiger partial charge in [-0.25, -0.2) is 0 Å². The first kappa shape index (κ1) is 19.0. The summed E-state index contributed by atoms with van der Waals surface area (Å²) in [4.78, 5) is 3.57. The van der Waals surface area contributed by atoms with Crippen molar-refractivity contribution in [1.82, 2.24) is 4.98 Å². The summed E-state index contributed by atoms with van der Waals surface area (Å²) < 4.78 is 0. The number of para-hydroxylation sites is 1. The quantitative estimate of drug-likeness (QED) is 0.608. The number of hydrogen-bond acceptors (Lipinski definition) is 1. The number of aryl methyl sites for hydroxylation is 1. The van der Waals surface area contributed by atoms with Crippen LogP contribution >= 0.6 is 0 Å². The maximum absolute atomic E-state index is 5.65. The van der Waals surface area contributed by atoms with E-state index < -0.39 is 0 Å². The molecule has 0 saturated carbocycles.